The first kappa shape index (κ1) is 26.2. The van der Waals surface area contributed by atoms with Crippen molar-refractivity contribution in [2.45, 2.75) is 77.1 Å². The molecule has 1 aromatic heterocycles. The smallest absolute Gasteiger partial charge is 0.152 e. The van der Waals surface area contributed by atoms with Gasteiger partial charge in [-0.2, -0.15) is 0 Å². The van der Waals surface area contributed by atoms with Crippen LogP contribution in [-0.4, -0.2) is 45.5 Å². The summed E-state index contributed by atoms with van der Waals surface area (Å²) in [6.45, 7) is 14.1. The van der Waals surface area contributed by atoms with Gasteiger partial charge in [-0.3, -0.25) is 0 Å². The van der Waals surface area contributed by atoms with Crippen LogP contribution in [0.5, 0.6) is 0 Å². The van der Waals surface area contributed by atoms with E-state index in [1.807, 2.05) is 20.8 Å². The number of aliphatic hydroxyl groups is 1. The van der Waals surface area contributed by atoms with E-state index in [1.54, 1.807) is 6.20 Å². The van der Waals surface area contributed by atoms with Gasteiger partial charge in [0.05, 0.1) is 18.8 Å². The number of anilines is 1. The number of rotatable bonds is 4. The Morgan fingerprint density at radius 3 is 2.54 bits per heavy atom. The molecule has 8 heteroatoms. The van der Waals surface area contributed by atoms with Crippen molar-refractivity contribution >= 4 is 25.3 Å². The zero-order valence-electron chi connectivity index (χ0n) is 21.8. The van der Waals surface area contributed by atoms with Crippen LogP contribution >= 0.6 is 0 Å². The van der Waals surface area contributed by atoms with Crippen molar-refractivity contribution in [1.82, 2.24) is 14.7 Å². The molecular formula is C27H38N4O2SSi. The molecule has 2 atom stereocenters. The zero-order chi connectivity index (χ0) is 25.4. The van der Waals surface area contributed by atoms with Gasteiger partial charge in [-0.15, -0.1) is 10.3 Å². The van der Waals surface area contributed by atoms with Gasteiger partial charge in [0.25, 0.3) is 0 Å². The molecule has 1 aromatic carbocycles. The molecule has 1 unspecified atom stereocenters. The maximum atomic E-state index is 13.1. The van der Waals surface area contributed by atoms with E-state index in [9.17, 15) is 9.66 Å². The zero-order valence-corrected chi connectivity index (χ0v) is 23.6. The Morgan fingerprint density at radius 1 is 1.23 bits per heavy atom. The second-order valence-electron chi connectivity index (χ2n) is 11.8. The summed E-state index contributed by atoms with van der Waals surface area (Å²) >= 11 is -1.15. The average Bonchev–Trinajstić information content (AvgIpc) is 3.09. The first-order valence-corrected chi connectivity index (χ1v) is 17.1. The fourth-order valence-corrected chi connectivity index (χ4v) is 6.44. The number of nitrogens with one attached hydrogen (secondary N) is 1. The van der Waals surface area contributed by atoms with Gasteiger partial charge in [-0.1, -0.05) is 49.8 Å². The Morgan fingerprint density at radius 2 is 1.91 bits per heavy atom. The molecule has 0 bridgehead atoms. The van der Waals surface area contributed by atoms with Crippen LogP contribution in [0.2, 0.25) is 19.6 Å². The number of piperidine rings is 1. The third kappa shape index (κ3) is 5.76. The lowest BCUT2D eigenvalue weighted by atomic mass is 9.73. The fourth-order valence-electron chi connectivity index (χ4n) is 4.99. The molecule has 6 nitrogen and oxygen atoms in total. The van der Waals surface area contributed by atoms with Crippen molar-refractivity contribution in [3.8, 4) is 11.5 Å². The van der Waals surface area contributed by atoms with Gasteiger partial charge >= 0.3 is 0 Å². The quantitative estimate of drug-likeness (QED) is 0.365. The van der Waals surface area contributed by atoms with Gasteiger partial charge in [0, 0.05) is 29.9 Å². The Bertz CT molecular complexity index is 1120. The minimum absolute atomic E-state index is 0.0106. The Labute approximate surface area is 214 Å². The van der Waals surface area contributed by atoms with E-state index in [4.69, 9.17) is 0 Å². The molecule has 1 fully saturated rings. The topological polar surface area (TPSA) is 84.3 Å². The van der Waals surface area contributed by atoms with Crippen LogP contribution in [0.3, 0.4) is 0 Å². The number of hydrogen-bond donors (Lipinski definition) is 2. The minimum atomic E-state index is -1.52. The SMILES string of the molecule is CC(C)(C)[S+]([O-])N[C@@H]1c2ccccc2CC12CCN(c1ncc(C#C[Si](C)(C)C)nc1CO)CC2. The largest absolute Gasteiger partial charge is 0.598 e. The normalized spacial score (nSPS) is 20.3. The van der Waals surface area contributed by atoms with Crippen LogP contribution in [0.25, 0.3) is 0 Å². The molecule has 1 saturated heterocycles. The second kappa shape index (κ2) is 9.87. The van der Waals surface area contributed by atoms with Crippen molar-refractivity contribution in [3.63, 3.8) is 0 Å². The molecular weight excluding hydrogens is 472 g/mol. The van der Waals surface area contributed by atoms with Gasteiger partial charge in [0.2, 0.25) is 0 Å². The summed E-state index contributed by atoms with van der Waals surface area (Å²) in [5.74, 6) is 3.90. The maximum Gasteiger partial charge on any atom is 0.152 e. The Hall–Kier alpha value is -1.89. The predicted molar refractivity (Wildman–Crippen MR) is 146 cm³/mol. The van der Waals surface area contributed by atoms with Crippen LogP contribution in [0, 0.1) is 16.9 Å². The molecule has 2 N–H and O–H groups in total. The van der Waals surface area contributed by atoms with Gasteiger partial charge < -0.3 is 14.6 Å². The standard InChI is InChI=1S/C27H38N4O2SSi/c1-26(2,3)34(33)30-24-22-10-8-7-9-20(22)17-27(24)12-14-31(15-13-27)25-23(19-32)29-21(18-28-25)11-16-35(4,5)6/h7-10,18,24,30,32H,12-15,17,19H2,1-6H3/t24-,34?/m1/s1. The Kier molecular flexibility index (Phi) is 7.38. The van der Waals surface area contributed by atoms with E-state index in [1.165, 1.54) is 11.1 Å². The van der Waals surface area contributed by atoms with Gasteiger partial charge in [-0.25, -0.2) is 9.97 Å². The monoisotopic (exact) mass is 510 g/mol. The summed E-state index contributed by atoms with van der Waals surface area (Å²) in [6.07, 6.45) is 4.61. The van der Waals surface area contributed by atoms with Crippen LogP contribution < -0.4 is 9.62 Å². The average molecular weight is 511 g/mol. The van der Waals surface area contributed by atoms with Crippen LogP contribution in [0.4, 0.5) is 5.82 Å². The molecule has 188 valence electrons. The fraction of sp³-hybridized carbons (Fsp3) is 0.556. The number of hydrogen-bond acceptors (Lipinski definition) is 6. The van der Waals surface area contributed by atoms with E-state index in [0.29, 0.717) is 11.4 Å². The third-order valence-electron chi connectivity index (χ3n) is 6.90. The highest BCUT2D eigenvalue weighted by Gasteiger charge is 2.50. The second-order valence-corrected chi connectivity index (χ2v) is 18.6. The highest BCUT2D eigenvalue weighted by molar-refractivity contribution is 7.90. The van der Waals surface area contributed by atoms with Gasteiger partial charge in [0.15, 0.2) is 5.82 Å². The predicted octanol–water partition coefficient (Wildman–Crippen LogP) is 4.13. The number of fused-ring (bicyclic) bond motifs is 1. The van der Waals surface area contributed by atoms with E-state index in [2.05, 4.69) is 75.0 Å². The molecule has 0 radical (unpaired) electrons. The highest BCUT2D eigenvalue weighted by atomic mass is 32.2. The number of nitrogens with zero attached hydrogens (tertiary/aromatic N) is 3. The van der Waals surface area contributed by atoms with Crippen LogP contribution in [0.1, 0.15) is 62.2 Å². The van der Waals surface area contributed by atoms with Crippen molar-refractivity contribution in [2.75, 3.05) is 18.0 Å². The van der Waals surface area contributed by atoms with Gasteiger partial charge in [-0.05, 0) is 51.2 Å². The minimum Gasteiger partial charge on any atom is -0.598 e. The first-order valence-electron chi connectivity index (χ1n) is 12.4. The molecule has 1 aliphatic carbocycles. The number of aromatic nitrogens is 2. The van der Waals surface area contributed by atoms with E-state index in [0.717, 1.165) is 38.2 Å². The van der Waals surface area contributed by atoms with E-state index < -0.39 is 19.4 Å². The number of benzene rings is 1. The molecule has 1 spiro atoms. The Balaban J connectivity index is 1.55. The number of aliphatic hydroxyl groups excluding tert-OH is 1. The molecule has 4 rings (SSSR count). The lowest BCUT2D eigenvalue weighted by Gasteiger charge is -2.44. The van der Waals surface area contributed by atoms with Gasteiger partial charge in [0.1, 0.15) is 24.2 Å². The van der Waals surface area contributed by atoms with Crippen LogP contribution in [-0.2, 0) is 24.4 Å². The lowest BCUT2D eigenvalue weighted by molar-refractivity contribution is 0.175. The van der Waals surface area contributed by atoms with E-state index in [-0.39, 0.29) is 22.8 Å². The summed E-state index contributed by atoms with van der Waals surface area (Å²) in [6, 6.07) is 8.63. The highest BCUT2D eigenvalue weighted by Crippen LogP contribution is 2.52. The van der Waals surface area contributed by atoms with Crippen molar-refractivity contribution in [1.29, 1.82) is 0 Å². The molecule has 2 aromatic rings. The van der Waals surface area contributed by atoms with E-state index >= 15 is 0 Å². The van der Waals surface area contributed by atoms with Crippen LogP contribution in [0.15, 0.2) is 30.5 Å². The molecule has 2 heterocycles. The maximum absolute atomic E-state index is 13.1. The van der Waals surface area contributed by atoms with Crippen molar-refractivity contribution in [3.05, 3.63) is 53.0 Å². The summed E-state index contributed by atoms with van der Waals surface area (Å²) < 4.78 is 16.3. The third-order valence-corrected chi connectivity index (χ3v) is 9.34. The first-order chi connectivity index (χ1) is 16.4. The molecule has 0 amide bonds. The summed E-state index contributed by atoms with van der Waals surface area (Å²) in [5.41, 5.74) is 7.16. The molecule has 1 aliphatic heterocycles. The molecule has 2 aliphatic rings. The molecule has 0 saturated carbocycles. The molecule has 35 heavy (non-hydrogen) atoms. The lowest BCUT2D eigenvalue weighted by Crippen LogP contribution is -2.50. The summed E-state index contributed by atoms with van der Waals surface area (Å²) in [4.78, 5) is 11.5. The van der Waals surface area contributed by atoms with Crippen molar-refractivity contribution in [2.24, 2.45) is 5.41 Å². The van der Waals surface area contributed by atoms with Crippen molar-refractivity contribution < 1.29 is 9.66 Å². The summed E-state index contributed by atoms with van der Waals surface area (Å²) in [5, 5.41) is 10.0. The summed E-state index contributed by atoms with van der Waals surface area (Å²) in [7, 11) is -1.52.